The van der Waals surface area contributed by atoms with Gasteiger partial charge < -0.3 is 25.4 Å². The third-order valence-electron chi connectivity index (χ3n) is 7.20. The number of anilines is 1. The molecule has 35 heavy (non-hydrogen) atoms. The van der Waals surface area contributed by atoms with Crippen LogP contribution in [0.25, 0.3) is 11.1 Å². The molecule has 0 atom stereocenters. The average Bonchev–Trinajstić information content (AvgIpc) is 3.18. The standard InChI is InChI=1S/C27H30BN3O4/c1-18-25(28(33)34)14-19(15-26(18)29)16-30-10-12-31(13-11-30)27(32)35-17-24-22-8-4-2-6-20(22)21-7-3-5-9-23(21)24/h2-9,14-15,24,33-34H,10-13,16-17,29H2,1H3. The van der Waals surface area contributed by atoms with Crippen molar-refractivity contribution in [2.45, 2.75) is 19.4 Å². The maximum absolute atomic E-state index is 12.9. The zero-order valence-corrected chi connectivity index (χ0v) is 19.9. The van der Waals surface area contributed by atoms with E-state index >= 15 is 0 Å². The van der Waals surface area contributed by atoms with E-state index in [4.69, 9.17) is 10.5 Å². The second kappa shape index (κ2) is 9.74. The second-order valence-corrected chi connectivity index (χ2v) is 9.34. The lowest BCUT2D eigenvalue weighted by molar-refractivity contribution is 0.0728. The van der Waals surface area contributed by atoms with Crippen molar-refractivity contribution < 1.29 is 19.6 Å². The Kier molecular flexibility index (Phi) is 6.51. The topological polar surface area (TPSA) is 99.3 Å². The molecule has 180 valence electrons. The third-order valence-corrected chi connectivity index (χ3v) is 7.20. The molecule has 4 N–H and O–H groups in total. The van der Waals surface area contributed by atoms with E-state index in [1.54, 1.807) is 17.9 Å². The molecule has 5 rings (SSSR count). The molecule has 0 saturated carbocycles. The summed E-state index contributed by atoms with van der Waals surface area (Å²) < 4.78 is 5.80. The van der Waals surface area contributed by atoms with E-state index in [1.807, 2.05) is 30.3 Å². The van der Waals surface area contributed by atoms with E-state index in [0.717, 1.165) is 5.56 Å². The highest BCUT2D eigenvalue weighted by molar-refractivity contribution is 6.59. The molecule has 1 fully saturated rings. The quantitative estimate of drug-likeness (QED) is 0.390. The molecule has 0 bridgehead atoms. The largest absolute Gasteiger partial charge is 0.488 e. The van der Waals surface area contributed by atoms with Crippen molar-refractivity contribution in [2.75, 3.05) is 38.5 Å². The summed E-state index contributed by atoms with van der Waals surface area (Å²) in [6, 6.07) is 20.3. The van der Waals surface area contributed by atoms with Crippen LogP contribution in [0.15, 0.2) is 60.7 Å². The zero-order chi connectivity index (χ0) is 24.5. The van der Waals surface area contributed by atoms with Crippen LogP contribution in [-0.2, 0) is 11.3 Å². The Morgan fingerprint density at radius 1 is 1.00 bits per heavy atom. The normalized spacial score (nSPS) is 15.6. The highest BCUT2D eigenvalue weighted by atomic mass is 16.6. The molecule has 1 saturated heterocycles. The number of benzene rings is 3. The molecular formula is C27H30BN3O4. The fraction of sp³-hybridized carbons (Fsp3) is 0.296. The number of rotatable bonds is 5. The molecule has 7 nitrogen and oxygen atoms in total. The van der Waals surface area contributed by atoms with Crippen LogP contribution in [0.2, 0.25) is 0 Å². The van der Waals surface area contributed by atoms with Crippen molar-refractivity contribution in [3.05, 3.63) is 82.9 Å². The summed E-state index contributed by atoms with van der Waals surface area (Å²) in [4.78, 5) is 16.8. The molecule has 1 aliphatic heterocycles. The third kappa shape index (κ3) is 4.65. The van der Waals surface area contributed by atoms with Gasteiger partial charge in [0.2, 0.25) is 0 Å². The SMILES string of the molecule is Cc1c(N)cc(CN2CCN(C(=O)OCC3c4ccccc4-c4ccccc43)CC2)cc1B(O)O. The molecule has 3 aromatic rings. The van der Waals surface area contributed by atoms with Crippen LogP contribution in [0, 0.1) is 6.92 Å². The van der Waals surface area contributed by atoms with E-state index in [1.165, 1.54) is 22.3 Å². The van der Waals surface area contributed by atoms with E-state index < -0.39 is 7.12 Å². The van der Waals surface area contributed by atoms with Crippen LogP contribution in [0.5, 0.6) is 0 Å². The van der Waals surface area contributed by atoms with Gasteiger partial charge in [0.15, 0.2) is 0 Å². The van der Waals surface area contributed by atoms with Gasteiger partial charge in [0.25, 0.3) is 0 Å². The van der Waals surface area contributed by atoms with Gasteiger partial charge in [0.1, 0.15) is 6.61 Å². The van der Waals surface area contributed by atoms with Gasteiger partial charge in [-0.2, -0.15) is 0 Å². The summed E-state index contributed by atoms with van der Waals surface area (Å²) in [5.41, 5.74) is 13.5. The minimum atomic E-state index is -1.55. The Morgan fingerprint density at radius 3 is 2.20 bits per heavy atom. The summed E-state index contributed by atoms with van der Waals surface area (Å²) in [7, 11) is -1.55. The van der Waals surface area contributed by atoms with Gasteiger partial charge in [0, 0.05) is 44.3 Å². The maximum atomic E-state index is 12.9. The number of piperazine rings is 1. The fourth-order valence-electron chi connectivity index (χ4n) is 5.22. The number of hydrogen-bond donors (Lipinski definition) is 3. The monoisotopic (exact) mass is 471 g/mol. The van der Waals surface area contributed by atoms with Crippen LogP contribution in [0.4, 0.5) is 10.5 Å². The highest BCUT2D eigenvalue weighted by Gasteiger charge is 2.30. The van der Waals surface area contributed by atoms with Crippen LogP contribution >= 0.6 is 0 Å². The summed E-state index contributed by atoms with van der Waals surface area (Å²) in [5.74, 6) is 0.0516. The molecular weight excluding hydrogens is 441 g/mol. The van der Waals surface area contributed by atoms with Crippen molar-refractivity contribution >= 4 is 24.4 Å². The first kappa shape index (κ1) is 23.4. The van der Waals surface area contributed by atoms with Gasteiger partial charge in [-0.25, -0.2) is 4.79 Å². The number of hydrogen-bond acceptors (Lipinski definition) is 6. The smallest absolute Gasteiger partial charge is 0.448 e. The van der Waals surface area contributed by atoms with Gasteiger partial charge in [-0.1, -0.05) is 54.6 Å². The number of nitrogens with zero attached hydrogens (tertiary/aromatic N) is 2. The number of carbonyl (C=O) groups excluding carboxylic acids is 1. The van der Waals surface area contributed by atoms with Gasteiger partial charge in [0.05, 0.1) is 0 Å². The van der Waals surface area contributed by atoms with E-state index in [-0.39, 0.29) is 12.0 Å². The maximum Gasteiger partial charge on any atom is 0.488 e. The lowest BCUT2D eigenvalue weighted by Gasteiger charge is -2.34. The fourth-order valence-corrected chi connectivity index (χ4v) is 5.22. The van der Waals surface area contributed by atoms with Crippen LogP contribution in [0.1, 0.15) is 28.2 Å². The second-order valence-electron chi connectivity index (χ2n) is 9.34. The minimum absolute atomic E-state index is 0.0516. The number of ether oxygens (including phenoxy) is 1. The molecule has 1 amide bonds. The predicted octanol–water partition coefficient (Wildman–Crippen LogP) is 2.32. The summed E-state index contributed by atoms with van der Waals surface area (Å²) in [5, 5.41) is 19.2. The number of amides is 1. The first-order chi connectivity index (χ1) is 16.9. The minimum Gasteiger partial charge on any atom is -0.448 e. The van der Waals surface area contributed by atoms with Crippen molar-refractivity contribution in [2.24, 2.45) is 0 Å². The van der Waals surface area contributed by atoms with Crippen LogP contribution in [-0.4, -0.2) is 65.8 Å². The summed E-state index contributed by atoms with van der Waals surface area (Å²) >= 11 is 0. The lowest BCUT2D eigenvalue weighted by atomic mass is 9.76. The van der Waals surface area contributed by atoms with Crippen LogP contribution < -0.4 is 11.2 Å². The molecule has 8 heteroatoms. The number of fused-ring (bicyclic) bond motifs is 3. The molecule has 1 aliphatic carbocycles. The highest BCUT2D eigenvalue weighted by Crippen LogP contribution is 2.44. The molecule has 0 aromatic heterocycles. The van der Waals surface area contributed by atoms with Gasteiger partial charge in [-0.15, -0.1) is 0 Å². The lowest BCUT2D eigenvalue weighted by Crippen LogP contribution is -2.48. The Morgan fingerprint density at radius 2 is 1.60 bits per heavy atom. The Labute approximate surface area is 205 Å². The summed E-state index contributed by atoms with van der Waals surface area (Å²) in [6.45, 7) is 5.29. The zero-order valence-electron chi connectivity index (χ0n) is 19.9. The van der Waals surface area contributed by atoms with Crippen molar-refractivity contribution in [1.82, 2.24) is 9.80 Å². The number of nitrogen functional groups attached to an aromatic ring is 1. The van der Waals surface area contributed by atoms with E-state index in [9.17, 15) is 14.8 Å². The van der Waals surface area contributed by atoms with Crippen molar-refractivity contribution in [1.29, 1.82) is 0 Å². The van der Waals surface area contributed by atoms with Gasteiger partial charge in [-0.05, 0) is 51.8 Å². The number of carbonyl (C=O) groups is 1. The Bertz CT molecular complexity index is 1200. The molecule has 2 aliphatic rings. The van der Waals surface area contributed by atoms with E-state index in [0.29, 0.717) is 56.0 Å². The van der Waals surface area contributed by atoms with E-state index in [2.05, 4.69) is 29.2 Å². The predicted molar refractivity (Wildman–Crippen MR) is 137 cm³/mol. The average molecular weight is 471 g/mol. The van der Waals surface area contributed by atoms with Crippen molar-refractivity contribution in [3.63, 3.8) is 0 Å². The molecule has 1 heterocycles. The summed E-state index contributed by atoms with van der Waals surface area (Å²) in [6.07, 6.45) is -0.281. The molecule has 0 spiro atoms. The molecule has 0 radical (unpaired) electrons. The first-order valence-electron chi connectivity index (χ1n) is 12.0. The molecule has 3 aromatic carbocycles. The van der Waals surface area contributed by atoms with Gasteiger partial charge >= 0.3 is 13.2 Å². The Balaban J connectivity index is 1.17. The number of nitrogens with two attached hydrogens (primary N) is 1. The first-order valence-corrected chi connectivity index (χ1v) is 12.0. The van der Waals surface area contributed by atoms with Gasteiger partial charge in [-0.3, -0.25) is 4.90 Å². The van der Waals surface area contributed by atoms with Crippen LogP contribution in [0.3, 0.4) is 0 Å². The Hall–Kier alpha value is -3.33. The van der Waals surface area contributed by atoms with Crippen molar-refractivity contribution in [3.8, 4) is 11.1 Å². The molecule has 0 unspecified atom stereocenters.